The van der Waals surface area contributed by atoms with E-state index in [4.69, 9.17) is 0 Å². The molecule has 0 fully saturated rings. The molecule has 0 aliphatic rings. The molecule has 0 bridgehead atoms. The van der Waals surface area contributed by atoms with Gasteiger partial charge in [0.15, 0.2) is 0 Å². The summed E-state index contributed by atoms with van der Waals surface area (Å²) in [6, 6.07) is 2.89. The topological polar surface area (TPSA) is 58.2 Å². The highest BCUT2D eigenvalue weighted by Gasteiger charge is 2.09. The number of halogens is 2. The fraction of sp³-hybridized carbons (Fsp3) is 0.385. The maximum absolute atomic E-state index is 13.2. The van der Waals surface area contributed by atoms with Gasteiger partial charge in [-0.2, -0.15) is 0 Å². The van der Waals surface area contributed by atoms with E-state index in [2.05, 4.69) is 10.6 Å². The van der Waals surface area contributed by atoms with Gasteiger partial charge >= 0.3 is 0 Å². The van der Waals surface area contributed by atoms with Crippen molar-refractivity contribution in [1.29, 1.82) is 0 Å². The summed E-state index contributed by atoms with van der Waals surface area (Å²) in [6.07, 6.45) is 0.0231. The number of carbonyl (C=O) groups is 2. The first-order valence-corrected chi connectivity index (χ1v) is 5.92. The maximum atomic E-state index is 13.2. The lowest BCUT2D eigenvalue weighted by atomic mass is 10.2. The normalized spacial score (nSPS) is 10.4. The molecule has 1 rings (SSSR count). The van der Waals surface area contributed by atoms with Crippen molar-refractivity contribution in [1.82, 2.24) is 5.32 Å². The van der Waals surface area contributed by atoms with Crippen LogP contribution >= 0.6 is 0 Å². The summed E-state index contributed by atoms with van der Waals surface area (Å²) < 4.78 is 25.9. The van der Waals surface area contributed by atoms with E-state index in [1.165, 1.54) is 0 Å². The van der Waals surface area contributed by atoms with Crippen LogP contribution in [0, 0.1) is 17.6 Å². The number of nitrogens with one attached hydrogen (secondary N) is 2. The van der Waals surface area contributed by atoms with Crippen molar-refractivity contribution in [3.8, 4) is 0 Å². The number of anilines is 1. The van der Waals surface area contributed by atoms with E-state index in [1.807, 2.05) is 0 Å². The molecular weight excluding hydrogens is 254 g/mol. The van der Waals surface area contributed by atoms with Crippen LogP contribution in [0.1, 0.15) is 20.3 Å². The molecule has 0 unspecified atom stereocenters. The Hall–Kier alpha value is -1.98. The molecule has 0 radical (unpaired) electrons. The first kappa shape index (κ1) is 15.1. The number of hydrogen-bond acceptors (Lipinski definition) is 2. The molecular formula is C13H16F2N2O2. The summed E-state index contributed by atoms with van der Waals surface area (Å²) in [7, 11) is 0. The predicted molar refractivity (Wildman–Crippen MR) is 67.5 cm³/mol. The molecule has 0 aromatic heterocycles. The van der Waals surface area contributed by atoms with E-state index in [9.17, 15) is 18.4 Å². The van der Waals surface area contributed by atoms with Gasteiger partial charge in [-0.3, -0.25) is 9.59 Å². The Balaban J connectivity index is 2.41. The van der Waals surface area contributed by atoms with Crippen molar-refractivity contribution in [2.75, 3.05) is 11.9 Å². The van der Waals surface area contributed by atoms with Gasteiger partial charge in [0.1, 0.15) is 11.6 Å². The van der Waals surface area contributed by atoms with Crippen LogP contribution in [0.5, 0.6) is 0 Å². The zero-order chi connectivity index (χ0) is 14.4. The van der Waals surface area contributed by atoms with Crippen LogP contribution in [-0.2, 0) is 9.59 Å². The van der Waals surface area contributed by atoms with Gasteiger partial charge in [-0.05, 0) is 12.1 Å². The number of benzene rings is 1. The quantitative estimate of drug-likeness (QED) is 0.860. The molecule has 0 spiro atoms. The van der Waals surface area contributed by atoms with Crippen LogP contribution in [-0.4, -0.2) is 18.4 Å². The van der Waals surface area contributed by atoms with Gasteiger partial charge in [0.05, 0.1) is 5.69 Å². The number of amides is 2. The lowest BCUT2D eigenvalue weighted by molar-refractivity contribution is -0.124. The predicted octanol–water partition coefficient (Wildman–Crippen LogP) is 2.07. The van der Waals surface area contributed by atoms with Gasteiger partial charge in [0, 0.05) is 24.9 Å². The van der Waals surface area contributed by atoms with E-state index in [0.29, 0.717) is 6.07 Å². The average molecular weight is 270 g/mol. The van der Waals surface area contributed by atoms with E-state index in [0.717, 1.165) is 12.1 Å². The van der Waals surface area contributed by atoms with E-state index < -0.39 is 17.5 Å². The monoisotopic (exact) mass is 270 g/mol. The molecule has 0 heterocycles. The Morgan fingerprint density at radius 2 is 1.95 bits per heavy atom. The largest absolute Gasteiger partial charge is 0.355 e. The zero-order valence-corrected chi connectivity index (χ0v) is 10.8. The molecule has 0 aliphatic carbocycles. The Morgan fingerprint density at radius 1 is 1.26 bits per heavy atom. The minimum atomic E-state index is -0.834. The molecule has 0 atom stereocenters. The minimum absolute atomic E-state index is 0.0231. The minimum Gasteiger partial charge on any atom is -0.355 e. The summed E-state index contributed by atoms with van der Waals surface area (Å²) in [6.45, 7) is 3.65. The van der Waals surface area contributed by atoms with Crippen LogP contribution < -0.4 is 10.6 Å². The summed E-state index contributed by atoms with van der Waals surface area (Å²) >= 11 is 0. The highest BCUT2D eigenvalue weighted by molar-refractivity contribution is 5.91. The first-order valence-electron chi connectivity index (χ1n) is 5.92. The standard InChI is InChI=1S/C13H16F2N2O2/c1-8(2)13(19)16-6-5-12(18)17-11-4-3-9(14)7-10(11)15/h3-4,7-8H,5-6H2,1-2H3,(H,16,19)(H,17,18). The highest BCUT2D eigenvalue weighted by atomic mass is 19.1. The Labute approximate surface area is 110 Å². The first-order chi connectivity index (χ1) is 8.90. The molecule has 1 aromatic carbocycles. The maximum Gasteiger partial charge on any atom is 0.226 e. The Morgan fingerprint density at radius 3 is 2.53 bits per heavy atom. The van der Waals surface area contributed by atoms with Crippen molar-refractivity contribution < 1.29 is 18.4 Å². The molecule has 2 amide bonds. The lowest BCUT2D eigenvalue weighted by Gasteiger charge is -2.08. The van der Waals surface area contributed by atoms with Gasteiger partial charge < -0.3 is 10.6 Å². The SMILES string of the molecule is CC(C)C(=O)NCCC(=O)Nc1ccc(F)cc1F. The highest BCUT2D eigenvalue weighted by Crippen LogP contribution is 2.14. The van der Waals surface area contributed by atoms with Crippen LogP contribution in [0.2, 0.25) is 0 Å². The third kappa shape index (κ3) is 5.03. The second-order valence-corrected chi connectivity index (χ2v) is 4.37. The third-order valence-corrected chi connectivity index (χ3v) is 2.38. The van der Waals surface area contributed by atoms with Gasteiger partial charge in [0.25, 0.3) is 0 Å². The van der Waals surface area contributed by atoms with Crippen LogP contribution in [0.3, 0.4) is 0 Å². The summed E-state index contributed by atoms with van der Waals surface area (Å²) in [5.41, 5.74) is -0.0819. The second-order valence-electron chi connectivity index (χ2n) is 4.37. The van der Waals surface area contributed by atoms with Crippen molar-refractivity contribution >= 4 is 17.5 Å². The molecule has 4 nitrogen and oxygen atoms in total. The summed E-state index contributed by atoms with van der Waals surface area (Å²) in [5, 5.41) is 4.88. The molecule has 104 valence electrons. The third-order valence-electron chi connectivity index (χ3n) is 2.38. The van der Waals surface area contributed by atoms with Gasteiger partial charge in [-0.25, -0.2) is 8.78 Å². The van der Waals surface area contributed by atoms with Crippen molar-refractivity contribution in [2.45, 2.75) is 20.3 Å². The molecule has 0 saturated heterocycles. The number of carbonyl (C=O) groups excluding carboxylic acids is 2. The number of hydrogen-bond donors (Lipinski definition) is 2. The van der Waals surface area contributed by atoms with E-state index in [1.54, 1.807) is 13.8 Å². The molecule has 1 aromatic rings. The summed E-state index contributed by atoms with van der Waals surface area (Å²) in [5.74, 6) is -2.30. The molecule has 0 aliphatic heterocycles. The molecule has 6 heteroatoms. The van der Waals surface area contributed by atoms with Crippen molar-refractivity contribution in [2.24, 2.45) is 5.92 Å². The molecule has 0 saturated carbocycles. The van der Waals surface area contributed by atoms with Gasteiger partial charge in [0.2, 0.25) is 11.8 Å². The Bertz CT molecular complexity index is 476. The lowest BCUT2D eigenvalue weighted by Crippen LogP contribution is -2.30. The average Bonchev–Trinajstić information content (AvgIpc) is 2.32. The van der Waals surface area contributed by atoms with E-state index >= 15 is 0 Å². The van der Waals surface area contributed by atoms with Gasteiger partial charge in [-0.15, -0.1) is 0 Å². The fourth-order valence-electron chi connectivity index (χ4n) is 1.31. The second kappa shape index (κ2) is 6.82. The molecule has 2 N–H and O–H groups in total. The summed E-state index contributed by atoms with van der Waals surface area (Å²) in [4.78, 5) is 22.7. The van der Waals surface area contributed by atoms with E-state index in [-0.39, 0.29) is 30.5 Å². The van der Waals surface area contributed by atoms with Crippen LogP contribution in [0.4, 0.5) is 14.5 Å². The zero-order valence-electron chi connectivity index (χ0n) is 10.8. The molecule has 19 heavy (non-hydrogen) atoms. The van der Waals surface area contributed by atoms with Crippen molar-refractivity contribution in [3.05, 3.63) is 29.8 Å². The van der Waals surface area contributed by atoms with Crippen molar-refractivity contribution in [3.63, 3.8) is 0 Å². The van der Waals surface area contributed by atoms with Crippen LogP contribution in [0.25, 0.3) is 0 Å². The van der Waals surface area contributed by atoms with Crippen LogP contribution in [0.15, 0.2) is 18.2 Å². The van der Waals surface area contributed by atoms with Gasteiger partial charge in [-0.1, -0.05) is 13.8 Å². The number of rotatable bonds is 5. The smallest absolute Gasteiger partial charge is 0.226 e. The fourth-order valence-corrected chi connectivity index (χ4v) is 1.31. The Kier molecular flexibility index (Phi) is 5.41.